The van der Waals surface area contributed by atoms with Crippen molar-refractivity contribution in [1.29, 1.82) is 0 Å². The third-order valence-electron chi connectivity index (χ3n) is 3.19. The molecule has 6 nitrogen and oxygen atoms in total. The lowest BCUT2D eigenvalue weighted by Gasteiger charge is -2.22. The van der Waals surface area contributed by atoms with Crippen LogP contribution >= 0.6 is 11.6 Å². The second kappa shape index (κ2) is 7.19. The predicted octanol–water partition coefficient (Wildman–Crippen LogP) is 1.48. The standard InChI is InChI=1S/C14H17ClN4O2/c1-19-8-6-12(7-9-19)17-18-14(21)13(20)16-11-4-2-10(15)3-5-11/h2-5H,6-9H2,1H3,(H,16,20)(H,18,21). The van der Waals surface area contributed by atoms with E-state index in [1.807, 2.05) is 7.05 Å². The van der Waals surface area contributed by atoms with Crippen LogP contribution in [0.5, 0.6) is 0 Å². The molecule has 112 valence electrons. The molecule has 0 unspecified atom stereocenters. The van der Waals surface area contributed by atoms with Gasteiger partial charge in [0, 0.05) is 42.4 Å². The summed E-state index contributed by atoms with van der Waals surface area (Å²) in [5, 5.41) is 7.04. The molecule has 1 aliphatic heterocycles. The number of anilines is 1. The molecule has 7 heteroatoms. The number of benzene rings is 1. The first-order valence-electron chi connectivity index (χ1n) is 6.65. The summed E-state index contributed by atoms with van der Waals surface area (Å²) in [5.74, 6) is -1.54. The van der Waals surface area contributed by atoms with E-state index in [-0.39, 0.29) is 0 Å². The van der Waals surface area contributed by atoms with E-state index in [0.717, 1.165) is 31.6 Å². The van der Waals surface area contributed by atoms with Gasteiger partial charge in [-0.15, -0.1) is 0 Å². The van der Waals surface area contributed by atoms with Crippen molar-refractivity contribution in [3.8, 4) is 0 Å². The minimum absolute atomic E-state index is 0.506. The summed E-state index contributed by atoms with van der Waals surface area (Å²) in [6, 6.07) is 6.51. The number of carbonyl (C=O) groups is 2. The molecule has 21 heavy (non-hydrogen) atoms. The van der Waals surface area contributed by atoms with Crippen molar-refractivity contribution in [3.63, 3.8) is 0 Å². The number of hydrogen-bond acceptors (Lipinski definition) is 4. The fourth-order valence-electron chi connectivity index (χ4n) is 1.89. The maximum atomic E-state index is 11.7. The lowest BCUT2D eigenvalue weighted by atomic mass is 10.1. The Hall–Kier alpha value is -1.92. The number of hydrazone groups is 1. The molecule has 1 aliphatic rings. The van der Waals surface area contributed by atoms with E-state index in [9.17, 15) is 9.59 Å². The molecule has 0 spiro atoms. The summed E-state index contributed by atoms with van der Waals surface area (Å²) in [6.07, 6.45) is 1.60. The number of amides is 2. The molecule has 2 rings (SSSR count). The average Bonchev–Trinajstić information content (AvgIpc) is 2.48. The SMILES string of the molecule is CN1CCC(=NNC(=O)C(=O)Nc2ccc(Cl)cc2)CC1. The van der Waals surface area contributed by atoms with Gasteiger partial charge >= 0.3 is 11.8 Å². The van der Waals surface area contributed by atoms with Gasteiger partial charge < -0.3 is 10.2 Å². The van der Waals surface area contributed by atoms with Gasteiger partial charge in [0.05, 0.1) is 0 Å². The van der Waals surface area contributed by atoms with Gasteiger partial charge in [0.25, 0.3) is 0 Å². The molecular formula is C14H17ClN4O2. The fraction of sp³-hybridized carbons (Fsp3) is 0.357. The van der Waals surface area contributed by atoms with Gasteiger partial charge in [0.2, 0.25) is 0 Å². The Labute approximate surface area is 128 Å². The Bertz CT molecular complexity index is 547. The van der Waals surface area contributed by atoms with Crippen molar-refractivity contribution in [2.45, 2.75) is 12.8 Å². The molecule has 1 aromatic rings. The van der Waals surface area contributed by atoms with E-state index in [1.54, 1.807) is 24.3 Å². The Balaban J connectivity index is 1.84. The van der Waals surface area contributed by atoms with Crippen molar-refractivity contribution >= 4 is 34.8 Å². The van der Waals surface area contributed by atoms with Gasteiger partial charge in [-0.3, -0.25) is 9.59 Å². The van der Waals surface area contributed by atoms with E-state index in [4.69, 9.17) is 11.6 Å². The third-order valence-corrected chi connectivity index (χ3v) is 3.44. The van der Waals surface area contributed by atoms with Gasteiger partial charge in [-0.2, -0.15) is 5.10 Å². The summed E-state index contributed by atoms with van der Waals surface area (Å²) in [5.41, 5.74) is 3.70. The van der Waals surface area contributed by atoms with Crippen molar-refractivity contribution in [3.05, 3.63) is 29.3 Å². The van der Waals surface area contributed by atoms with E-state index in [2.05, 4.69) is 20.7 Å². The largest absolute Gasteiger partial charge is 0.329 e. The van der Waals surface area contributed by atoms with Gasteiger partial charge in [0.15, 0.2) is 0 Å². The first-order chi connectivity index (χ1) is 10.0. The maximum Gasteiger partial charge on any atom is 0.329 e. The van der Waals surface area contributed by atoms with Crippen LogP contribution in [0.25, 0.3) is 0 Å². The third kappa shape index (κ3) is 4.84. The average molecular weight is 309 g/mol. The molecule has 0 radical (unpaired) electrons. The zero-order chi connectivity index (χ0) is 15.2. The van der Waals surface area contributed by atoms with Crippen LogP contribution < -0.4 is 10.7 Å². The van der Waals surface area contributed by atoms with Crippen LogP contribution in [0.1, 0.15) is 12.8 Å². The Kier molecular flexibility index (Phi) is 5.30. The normalized spacial score (nSPS) is 15.4. The smallest absolute Gasteiger partial charge is 0.318 e. The van der Waals surface area contributed by atoms with Crippen LogP contribution in [0.4, 0.5) is 5.69 Å². The van der Waals surface area contributed by atoms with Crippen molar-refractivity contribution < 1.29 is 9.59 Å². The number of likely N-dealkylation sites (tertiary alicyclic amines) is 1. The number of hydrogen-bond donors (Lipinski definition) is 2. The lowest BCUT2D eigenvalue weighted by Crippen LogP contribution is -2.35. The molecule has 2 amide bonds. The van der Waals surface area contributed by atoms with Gasteiger partial charge in [0.1, 0.15) is 0 Å². The number of nitrogens with one attached hydrogen (secondary N) is 2. The second-order valence-corrected chi connectivity index (χ2v) is 5.32. The van der Waals surface area contributed by atoms with Gasteiger partial charge in [-0.05, 0) is 31.3 Å². The molecule has 0 aliphatic carbocycles. The Morgan fingerprint density at radius 1 is 1.14 bits per heavy atom. The summed E-state index contributed by atoms with van der Waals surface area (Å²) in [7, 11) is 2.04. The Morgan fingerprint density at radius 2 is 1.76 bits per heavy atom. The van der Waals surface area contributed by atoms with E-state index < -0.39 is 11.8 Å². The highest BCUT2D eigenvalue weighted by Gasteiger charge is 2.15. The van der Waals surface area contributed by atoms with Crippen LogP contribution in [-0.4, -0.2) is 42.6 Å². The molecule has 1 heterocycles. The Morgan fingerprint density at radius 3 is 2.38 bits per heavy atom. The van der Waals surface area contributed by atoms with Crippen molar-refractivity contribution in [2.24, 2.45) is 5.10 Å². The molecule has 0 atom stereocenters. The molecule has 1 aromatic carbocycles. The molecule has 1 fully saturated rings. The van der Waals surface area contributed by atoms with E-state index in [1.165, 1.54) is 0 Å². The number of carbonyl (C=O) groups excluding carboxylic acids is 2. The molecule has 1 saturated heterocycles. The summed E-state index contributed by atoms with van der Waals surface area (Å²) in [4.78, 5) is 25.5. The van der Waals surface area contributed by atoms with Crippen LogP contribution in [0.3, 0.4) is 0 Å². The first kappa shape index (κ1) is 15.5. The van der Waals surface area contributed by atoms with Gasteiger partial charge in [-0.25, -0.2) is 5.43 Å². The number of halogens is 1. The molecule has 0 saturated carbocycles. The number of rotatable bonds is 2. The van der Waals surface area contributed by atoms with Crippen molar-refractivity contribution in [1.82, 2.24) is 10.3 Å². The summed E-state index contributed by atoms with van der Waals surface area (Å²) >= 11 is 5.74. The zero-order valence-corrected chi connectivity index (χ0v) is 12.5. The summed E-state index contributed by atoms with van der Waals surface area (Å²) < 4.78 is 0. The number of nitrogens with zero attached hydrogens (tertiary/aromatic N) is 2. The van der Waals surface area contributed by atoms with Crippen LogP contribution in [-0.2, 0) is 9.59 Å². The predicted molar refractivity (Wildman–Crippen MR) is 82.4 cm³/mol. The quantitative estimate of drug-likeness (QED) is 0.642. The van der Waals surface area contributed by atoms with Crippen molar-refractivity contribution in [2.75, 3.05) is 25.5 Å². The minimum Gasteiger partial charge on any atom is -0.318 e. The maximum absolute atomic E-state index is 11.7. The zero-order valence-electron chi connectivity index (χ0n) is 11.7. The van der Waals surface area contributed by atoms with E-state index in [0.29, 0.717) is 10.7 Å². The highest BCUT2D eigenvalue weighted by atomic mass is 35.5. The van der Waals surface area contributed by atoms with Crippen LogP contribution in [0, 0.1) is 0 Å². The summed E-state index contributed by atoms with van der Waals surface area (Å²) in [6.45, 7) is 1.82. The highest BCUT2D eigenvalue weighted by Crippen LogP contribution is 2.13. The first-order valence-corrected chi connectivity index (χ1v) is 7.03. The minimum atomic E-state index is -0.781. The van der Waals surface area contributed by atoms with Crippen LogP contribution in [0.2, 0.25) is 5.02 Å². The monoisotopic (exact) mass is 308 g/mol. The highest BCUT2D eigenvalue weighted by molar-refractivity contribution is 6.39. The second-order valence-electron chi connectivity index (χ2n) is 4.88. The molecular weight excluding hydrogens is 292 g/mol. The molecule has 0 aromatic heterocycles. The van der Waals surface area contributed by atoms with Gasteiger partial charge in [-0.1, -0.05) is 11.6 Å². The lowest BCUT2D eigenvalue weighted by molar-refractivity contribution is -0.136. The number of piperidine rings is 1. The van der Waals surface area contributed by atoms with Crippen LogP contribution in [0.15, 0.2) is 29.4 Å². The molecule has 2 N–H and O–H groups in total. The topological polar surface area (TPSA) is 73.8 Å². The van der Waals surface area contributed by atoms with E-state index >= 15 is 0 Å². The molecule has 0 bridgehead atoms. The fourth-order valence-corrected chi connectivity index (χ4v) is 2.02.